The number of benzene rings is 2. The first kappa shape index (κ1) is 20.4. The highest BCUT2D eigenvalue weighted by atomic mass is 16.5. The Balaban J connectivity index is 1.53. The van der Waals surface area contributed by atoms with Crippen LogP contribution in [0.2, 0.25) is 0 Å². The summed E-state index contributed by atoms with van der Waals surface area (Å²) in [5.41, 5.74) is 2.46. The van der Waals surface area contributed by atoms with Crippen molar-refractivity contribution in [1.82, 2.24) is 10.2 Å². The maximum Gasteiger partial charge on any atom is 0.220 e. The minimum atomic E-state index is 0.114. The summed E-state index contributed by atoms with van der Waals surface area (Å²) >= 11 is 0. The molecule has 1 aliphatic rings. The molecular weight excluding hydrogens is 352 g/mol. The third-order valence-electron chi connectivity index (χ3n) is 5.19. The molecule has 1 atom stereocenters. The molecule has 1 heterocycles. The van der Waals surface area contributed by atoms with Crippen LogP contribution in [0.1, 0.15) is 30.0 Å². The number of methoxy groups -OCH3 is 1. The number of aryl methyl sites for hydroxylation is 1. The van der Waals surface area contributed by atoms with Crippen LogP contribution in [0.3, 0.4) is 0 Å². The fourth-order valence-electron chi connectivity index (χ4n) is 3.57. The molecule has 1 saturated heterocycles. The molecule has 1 unspecified atom stereocenters. The zero-order chi connectivity index (χ0) is 19.6. The molecule has 1 amide bonds. The fraction of sp³-hybridized carbons (Fsp3) is 0.435. The molecule has 5 nitrogen and oxygen atoms in total. The average Bonchev–Trinajstić information content (AvgIpc) is 2.76. The highest BCUT2D eigenvalue weighted by Gasteiger charge is 2.23. The monoisotopic (exact) mass is 382 g/mol. The Morgan fingerprint density at radius 2 is 1.82 bits per heavy atom. The normalized spacial score (nSPS) is 15.8. The molecule has 0 radical (unpaired) electrons. The smallest absolute Gasteiger partial charge is 0.220 e. The summed E-state index contributed by atoms with van der Waals surface area (Å²) in [7, 11) is 1.67. The van der Waals surface area contributed by atoms with Crippen LogP contribution in [0, 0.1) is 0 Å². The van der Waals surface area contributed by atoms with E-state index in [-0.39, 0.29) is 11.9 Å². The largest absolute Gasteiger partial charge is 0.497 e. The Hall–Kier alpha value is -2.37. The Morgan fingerprint density at radius 3 is 2.50 bits per heavy atom. The summed E-state index contributed by atoms with van der Waals surface area (Å²) in [5, 5.41) is 3.14. The van der Waals surface area contributed by atoms with Crippen LogP contribution >= 0.6 is 0 Å². The molecule has 0 aromatic heterocycles. The van der Waals surface area contributed by atoms with Gasteiger partial charge in [-0.15, -0.1) is 0 Å². The van der Waals surface area contributed by atoms with Gasteiger partial charge in [0.2, 0.25) is 5.91 Å². The fourth-order valence-corrected chi connectivity index (χ4v) is 3.57. The van der Waals surface area contributed by atoms with Crippen molar-refractivity contribution in [2.45, 2.75) is 25.3 Å². The van der Waals surface area contributed by atoms with Gasteiger partial charge in [-0.3, -0.25) is 9.69 Å². The number of carbonyl (C=O) groups is 1. The second-order valence-electron chi connectivity index (χ2n) is 7.08. The molecule has 2 aromatic carbocycles. The number of amides is 1. The van der Waals surface area contributed by atoms with E-state index in [0.29, 0.717) is 13.0 Å². The van der Waals surface area contributed by atoms with Crippen LogP contribution < -0.4 is 10.1 Å². The van der Waals surface area contributed by atoms with E-state index in [1.54, 1.807) is 7.11 Å². The zero-order valence-corrected chi connectivity index (χ0v) is 16.6. The molecule has 0 spiro atoms. The first-order chi connectivity index (χ1) is 13.8. The molecule has 150 valence electrons. The van der Waals surface area contributed by atoms with Gasteiger partial charge in [0.1, 0.15) is 5.75 Å². The number of morpholine rings is 1. The van der Waals surface area contributed by atoms with E-state index >= 15 is 0 Å². The number of hydrogen-bond acceptors (Lipinski definition) is 4. The van der Waals surface area contributed by atoms with Crippen molar-refractivity contribution in [2.75, 3.05) is 40.0 Å². The molecule has 1 N–H and O–H groups in total. The van der Waals surface area contributed by atoms with Crippen molar-refractivity contribution in [1.29, 1.82) is 0 Å². The lowest BCUT2D eigenvalue weighted by Gasteiger charge is -2.35. The number of ether oxygens (including phenoxy) is 2. The van der Waals surface area contributed by atoms with Crippen molar-refractivity contribution in [3.05, 3.63) is 65.7 Å². The second kappa shape index (κ2) is 10.8. The molecule has 3 rings (SSSR count). The standard InChI is InChI=1S/C23H30N2O3/c1-27-21-12-10-20(11-13-21)22(25-14-16-28-17-15-25)18-24-23(26)9-5-8-19-6-3-2-4-7-19/h2-4,6-7,10-13,22H,5,8-9,14-18H2,1H3,(H,24,26). The van der Waals surface area contributed by atoms with Crippen LogP contribution in [0.4, 0.5) is 0 Å². The lowest BCUT2D eigenvalue weighted by molar-refractivity contribution is -0.121. The topological polar surface area (TPSA) is 50.8 Å². The maximum atomic E-state index is 12.4. The van der Waals surface area contributed by atoms with Crippen molar-refractivity contribution >= 4 is 5.91 Å². The number of nitrogens with one attached hydrogen (secondary N) is 1. The van der Waals surface area contributed by atoms with Gasteiger partial charge in [-0.05, 0) is 36.1 Å². The van der Waals surface area contributed by atoms with Crippen LogP contribution in [-0.4, -0.2) is 50.8 Å². The molecule has 0 bridgehead atoms. The van der Waals surface area contributed by atoms with Gasteiger partial charge in [-0.1, -0.05) is 42.5 Å². The first-order valence-corrected chi connectivity index (χ1v) is 10.0. The van der Waals surface area contributed by atoms with Gasteiger partial charge in [-0.25, -0.2) is 0 Å². The van der Waals surface area contributed by atoms with Gasteiger partial charge in [0.15, 0.2) is 0 Å². The predicted octanol–water partition coefficient (Wildman–Crippen LogP) is 3.21. The number of hydrogen-bond donors (Lipinski definition) is 1. The van der Waals surface area contributed by atoms with E-state index in [0.717, 1.165) is 44.9 Å². The quantitative estimate of drug-likeness (QED) is 0.724. The van der Waals surface area contributed by atoms with Crippen LogP contribution in [0.5, 0.6) is 5.75 Å². The van der Waals surface area contributed by atoms with E-state index in [2.05, 4.69) is 34.5 Å². The maximum absolute atomic E-state index is 12.4. The van der Waals surface area contributed by atoms with E-state index in [9.17, 15) is 4.79 Å². The minimum Gasteiger partial charge on any atom is -0.497 e. The first-order valence-electron chi connectivity index (χ1n) is 10.0. The van der Waals surface area contributed by atoms with Gasteiger partial charge in [0.05, 0.1) is 26.4 Å². The lowest BCUT2D eigenvalue weighted by Crippen LogP contribution is -2.43. The number of rotatable bonds is 9. The van der Waals surface area contributed by atoms with Gasteiger partial charge < -0.3 is 14.8 Å². The summed E-state index contributed by atoms with van der Waals surface area (Å²) in [5.74, 6) is 0.956. The van der Waals surface area contributed by atoms with Crippen LogP contribution in [-0.2, 0) is 16.0 Å². The Bertz CT molecular complexity index is 712. The third kappa shape index (κ3) is 6.08. The SMILES string of the molecule is COc1ccc(C(CNC(=O)CCCc2ccccc2)N2CCOCC2)cc1. The second-order valence-corrected chi connectivity index (χ2v) is 7.08. The summed E-state index contributed by atoms with van der Waals surface area (Å²) in [4.78, 5) is 14.8. The lowest BCUT2D eigenvalue weighted by atomic mass is 10.0. The minimum absolute atomic E-state index is 0.114. The Morgan fingerprint density at radius 1 is 1.11 bits per heavy atom. The average molecular weight is 383 g/mol. The predicted molar refractivity (Wildman–Crippen MR) is 111 cm³/mol. The van der Waals surface area contributed by atoms with Crippen molar-refractivity contribution in [3.63, 3.8) is 0 Å². The van der Waals surface area contributed by atoms with Crippen molar-refractivity contribution in [3.8, 4) is 5.75 Å². The highest BCUT2D eigenvalue weighted by Crippen LogP contribution is 2.23. The van der Waals surface area contributed by atoms with Gasteiger partial charge in [0.25, 0.3) is 0 Å². The Kier molecular flexibility index (Phi) is 7.88. The summed E-state index contributed by atoms with van der Waals surface area (Å²) in [6.45, 7) is 3.83. The Labute approximate surface area is 167 Å². The molecule has 1 aliphatic heterocycles. The van der Waals surface area contributed by atoms with Crippen LogP contribution in [0.25, 0.3) is 0 Å². The molecule has 1 fully saturated rings. The van der Waals surface area contributed by atoms with Crippen LogP contribution in [0.15, 0.2) is 54.6 Å². The van der Waals surface area contributed by atoms with Crippen molar-refractivity contribution in [2.24, 2.45) is 0 Å². The van der Waals surface area contributed by atoms with Gasteiger partial charge >= 0.3 is 0 Å². The molecule has 5 heteroatoms. The summed E-state index contributed by atoms with van der Waals surface area (Å²) in [6, 6.07) is 18.6. The summed E-state index contributed by atoms with van der Waals surface area (Å²) in [6.07, 6.45) is 2.34. The third-order valence-corrected chi connectivity index (χ3v) is 5.19. The van der Waals surface area contributed by atoms with Gasteiger partial charge in [-0.2, -0.15) is 0 Å². The number of nitrogens with zero attached hydrogens (tertiary/aromatic N) is 1. The number of carbonyl (C=O) groups excluding carboxylic acids is 1. The van der Waals surface area contributed by atoms with E-state index in [1.807, 2.05) is 30.3 Å². The molecule has 0 saturated carbocycles. The zero-order valence-electron chi connectivity index (χ0n) is 16.6. The van der Waals surface area contributed by atoms with E-state index in [4.69, 9.17) is 9.47 Å². The molecule has 2 aromatic rings. The van der Waals surface area contributed by atoms with Crippen molar-refractivity contribution < 1.29 is 14.3 Å². The van der Waals surface area contributed by atoms with Gasteiger partial charge in [0, 0.05) is 26.1 Å². The molecule has 0 aliphatic carbocycles. The van der Waals surface area contributed by atoms with E-state index < -0.39 is 0 Å². The highest BCUT2D eigenvalue weighted by molar-refractivity contribution is 5.75. The molecule has 28 heavy (non-hydrogen) atoms. The summed E-state index contributed by atoms with van der Waals surface area (Å²) < 4.78 is 10.8. The van der Waals surface area contributed by atoms with E-state index in [1.165, 1.54) is 11.1 Å². The molecular formula is C23H30N2O3.